The van der Waals surface area contributed by atoms with Gasteiger partial charge in [-0.25, -0.2) is 4.79 Å². The van der Waals surface area contributed by atoms with Crippen LogP contribution in [0.3, 0.4) is 0 Å². The van der Waals surface area contributed by atoms with Gasteiger partial charge in [-0.1, -0.05) is 36.4 Å². The highest BCUT2D eigenvalue weighted by atomic mass is 35.5. The number of hydrogen-bond acceptors (Lipinski definition) is 3. The molecule has 1 atom stereocenters. The number of carboxylic acid groups (broad SMARTS) is 1. The number of amidine groups is 1. The van der Waals surface area contributed by atoms with E-state index in [0.717, 1.165) is 11.3 Å². The number of carbonyl (C=O) groups is 2. The number of anilines is 1. The third kappa shape index (κ3) is 4.43. The smallest absolute Gasteiger partial charge is 0.324 e. The van der Waals surface area contributed by atoms with Gasteiger partial charge >= 0.3 is 12.0 Å². The highest BCUT2D eigenvalue weighted by molar-refractivity contribution is 5.95. The molecule has 0 spiro atoms. The predicted octanol–water partition coefficient (Wildman–Crippen LogP) is 2.68. The molecule has 2 amide bonds. The maximum Gasteiger partial charge on any atom is 0.324 e. The average Bonchev–Trinajstić information content (AvgIpc) is 2.99. The van der Waals surface area contributed by atoms with Crippen LogP contribution in [0.4, 0.5) is 10.5 Å². The van der Waals surface area contributed by atoms with Crippen molar-refractivity contribution in [2.75, 3.05) is 25.0 Å². The van der Waals surface area contributed by atoms with E-state index in [4.69, 9.17) is 11.1 Å². The van der Waals surface area contributed by atoms with E-state index in [-0.39, 0.29) is 24.3 Å². The highest BCUT2D eigenvalue weighted by Crippen LogP contribution is 2.25. The molecule has 8 heteroatoms. The van der Waals surface area contributed by atoms with Crippen LogP contribution >= 0.6 is 12.4 Å². The number of halogens is 1. The average molecular weight is 403 g/mol. The van der Waals surface area contributed by atoms with Gasteiger partial charge in [-0.3, -0.25) is 15.1 Å². The number of urea groups is 1. The standard InChI is InChI=1S/C20H22N4O3.ClH/c1-23-10-11-24(20(23)27)16-8-2-13(3-9-16)12-17(19(25)26)14-4-6-15(7-5-14)18(21)22;/h2-9,17H,10-12H2,1H3,(H3,21,22)(H,25,26);1H. The largest absolute Gasteiger partial charge is 0.481 e. The summed E-state index contributed by atoms with van der Waals surface area (Å²) in [5.74, 6) is -1.66. The quantitative estimate of drug-likeness (QED) is 0.509. The van der Waals surface area contributed by atoms with Crippen molar-refractivity contribution in [3.05, 3.63) is 65.2 Å². The molecular formula is C20H23ClN4O3. The van der Waals surface area contributed by atoms with E-state index in [9.17, 15) is 14.7 Å². The van der Waals surface area contributed by atoms with Gasteiger partial charge in [0.15, 0.2) is 0 Å². The molecule has 1 saturated heterocycles. The molecular weight excluding hydrogens is 380 g/mol. The third-order valence-corrected chi connectivity index (χ3v) is 4.83. The van der Waals surface area contributed by atoms with Gasteiger partial charge in [-0.15, -0.1) is 12.4 Å². The Morgan fingerprint density at radius 2 is 1.75 bits per heavy atom. The van der Waals surface area contributed by atoms with Gasteiger partial charge in [0.2, 0.25) is 0 Å². The van der Waals surface area contributed by atoms with Gasteiger partial charge in [0.25, 0.3) is 0 Å². The molecule has 7 nitrogen and oxygen atoms in total. The summed E-state index contributed by atoms with van der Waals surface area (Å²) >= 11 is 0. The van der Waals surface area contributed by atoms with E-state index in [0.29, 0.717) is 30.6 Å². The molecule has 0 radical (unpaired) electrons. The molecule has 0 saturated carbocycles. The molecule has 1 fully saturated rings. The summed E-state index contributed by atoms with van der Waals surface area (Å²) in [6, 6.07) is 14.1. The lowest BCUT2D eigenvalue weighted by atomic mass is 9.91. The molecule has 2 aromatic carbocycles. The Morgan fingerprint density at radius 1 is 1.14 bits per heavy atom. The summed E-state index contributed by atoms with van der Waals surface area (Å²) in [6.45, 7) is 1.34. The molecule has 0 aromatic heterocycles. The number of amides is 2. The van der Waals surface area contributed by atoms with E-state index in [2.05, 4.69) is 0 Å². The first-order valence-electron chi connectivity index (χ1n) is 8.65. The van der Waals surface area contributed by atoms with E-state index < -0.39 is 11.9 Å². The second-order valence-corrected chi connectivity index (χ2v) is 6.65. The molecule has 4 N–H and O–H groups in total. The van der Waals surface area contributed by atoms with Crippen LogP contribution in [0.25, 0.3) is 0 Å². The topological polar surface area (TPSA) is 111 Å². The predicted molar refractivity (Wildman–Crippen MR) is 111 cm³/mol. The Morgan fingerprint density at radius 3 is 2.21 bits per heavy atom. The molecule has 1 aliphatic rings. The van der Waals surface area contributed by atoms with Gasteiger partial charge in [-0.05, 0) is 29.7 Å². The molecule has 1 heterocycles. The minimum atomic E-state index is -0.911. The molecule has 28 heavy (non-hydrogen) atoms. The van der Waals surface area contributed by atoms with E-state index in [1.807, 2.05) is 24.3 Å². The van der Waals surface area contributed by atoms with Crippen molar-refractivity contribution >= 4 is 35.9 Å². The monoisotopic (exact) mass is 402 g/mol. The number of carbonyl (C=O) groups excluding carboxylic acids is 1. The first-order valence-corrected chi connectivity index (χ1v) is 8.65. The number of carboxylic acids is 1. The van der Waals surface area contributed by atoms with Gasteiger partial charge in [0.05, 0.1) is 5.92 Å². The molecule has 0 aliphatic carbocycles. The first kappa shape index (κ1) is 21.2. The van der Waals surface area contributed by atoms with Gasteiger partial charge in [-0.2, -0.15) is 0 Å². The number of nitrogen functional groups attached to an aromatic ring is 1. The Hall–Kier alpha value is -3.06. The summed E-state index contributed by atoms with van der Waals surface area (Å²) in [7, 11) is 1.77. The van der Waals surface area contributed by atoms with Crippen molar-refractivity contribution in [3.63, 3.8) is 0 Å². The molecule has 2 aromatic rings. The van der Waals surface area contributed by atoms with Gasteiger partial charge in [0, 0.05) is 31.4 Å². The van der Waals surface area contributed by atoms with Crippen LogP contribution in [0.5, 0.6) is 0 Å². The number of nitrogens with zero attached hydrogens (tertiary/aromatic N) is 2. The van der Waals surface area contributed by atoms with Crippen LogP contribution in [0.15, 0.2) is 48.5 Å². The molecule has 3 rings (SSSR count). The molecule has 1 aliphatic heterocycles. The lowest BCUT2D eigenvalue weighted by Gasteiger charge is -2.17. The Bertz CT molecular complexity index is 868. The maximum atomic E-state index is 12.1. The van der Waals surface area contributed by atoms with Crippen molar-refractivity contribution in [2.24, 2.45) is 5.73 Å². The van der Waals surface area contributed by atoms with Crippen molar-refractivity contribution in [3.8, 4) is 0 Å². The number of rotatable bonds is 6. The molecule has 148 valence electrons. The van der Waals surface area contributed by atoms with E-state index in [1.54, 1.807) is 41.1 Å². The Kier molecular flexibility index (Phi) is 6.64. The van der Waals surface area contributed by atoms with Gasteiger partial charge in [0.1, 0.15) is 5.84 Å². The molecule has 0 bridgehead atoms. The number of likely N-dealkylation sites (N-methyl/N-ethyl adjacent to an activating group) is 1. The number of hydrogen-bond donors (Lipinski definition) is 3. The number of benzene rings is 2. The Labute approximate surface area is 169 Å². The zero-order valence-electron chi connectivity index (χ0n) is 15.5. The number of nitrogens with two attached hydrogens (primary N) is 1. The minimum absolute atomic E-state index is 0. The third-order valence-electron chi connectivity index (χ3n) is 4.83. The number of nitrogens with one attached hydrogen (secondary N) is 1. The molecule has 1 unspecified atom stereocenters. The second kappa shape index (κ2) is 8.75. The fraction of sp³-hybridized carbons (Fsp3) is 0.250. The lowest BCUT2D eigenvalue weighted by Crippen LogP contribution is -2.29. The first-order chi connectivity index (χ1) is 12.9. The zero-order valence-corrected chi connectivity index (χ0v) is 16.3. The minimum Gasteiger partial charge on any atom is -0.481 e. The maximum absolute atomic E-state index is 12.1. The van der Waals surface area contributed by atoms with Crippen LogP contribution in [-0.2, 0) is 11.2 Å². The van der Waals surface area contributed by atoms with Crippen LogP contribution < -0.4 is 10.6 Å². The van der Waals surface area contributed by atoms with Crippen LogP contribution in [0.2, 0.25) is 0 Å². The fourth-order valence-corrected chi connectivity index (χ4v) is 3.18. The highest BCUT2D eigenvalue weighted by Gasteiger charge is 2.26. The normalized spacial score (nSPS) is 14.5. The zero-order chi connectivity index (χ0) is 19.6. The summed E-state index contributed by atoms with van der Waals surface area (Å²) in [5, 5.41) is 17.1. The van der Waals surface area contributed by atoms with Crippen LogP contribution in [-0.4, -0.2) is 48.0 Å². The summed E-state index contributed by atoms with van der Waals surface area (Å²) < 4.78 is 0. The van der Waals surface area contributed by atoms with Crippen molar-refractivity contribution in [1.29, 1.82) is 5.41 Å². The van der Waals surface area contributed by atoms with E-state index in [1.165, 1.54) is 0 Å². The summed E-state index contributed by atoms with van der Waals surface area (Å²) in [6.07, 6.45) is 0.336. The van der Waals surface area contributed by atoms with E-state index >= 15 is 0 Å². The lowest BCUT2D eigenvalue weighted by molar-refractivity contribution is -0.138. The van der Waals surface area contributed by atoms with Crippen LogP contribution in [0.1, 0.15) is 22.6 Å². The Balaban J connectivity index is 0.00000280. The number of aliphatic carboxylic acids is 1. The second-order valence-electron chi connectivity index (χ2n) is 6.65. The SMILES string of the molecule is CN1CCN(c2ccc(CC(C(=O)O)c3ccc(C(=N)N)cc3)cc2)C1=O.Cl. The van der Waals surface area contributed by atoms with Crippen LogP contribution in [0, 0.1) is 5.41 Å². The van der Waals surface area contributed by atoms with Crippen molar-refractivity contribution in [2.45, 2.75) is 12.3 Å². The van der Waals surface area contributed by atoms with Gasteiger partial charge < -0.3 is 15.7 Å². The summed E-state index contributed by atoms with van der Waals surface area (Å²) in [4.78, 5) is 27.2. The van der Waals surface area contributed by atoms with Crippen molar-refractivity contribution < 1.29 is 14.7 Å². The summed E-state index contributed by atoms with van der Waals surface area (Å²) in [5.41, 5.74) is 8.35. The fourth-order valence-electron chi connectivity index (χ4n) is 3.18. The van der Waals surface area contributed by atoms with Crippen molar-refractivity contribution in [1.82, 2.24) is 4.90 Å².